The molecule has 1 N–H and O–H groups in total. The van der Waals surface area contributed by atoms with E-state index in [0.717, 1.165) is 0 Å². The van der Waals surface area contributed by atoms with E-state index in [2.05, 4.69) is 11.2 Å². The van der Waals surface area contributed by atoms with Crippen LogP contribution < -0.4 is 5.32 Å². The Bertz CT molecular complexity index is 407. The summed E-state index contributed by atoms with van der Waals surface area (Å²) in [6.45, 7) is 0. The lowest BCUT2D eigenvalue weighted by Crippen LogP contribution is -2.09. The summed E-state index contributed by atoms with van der Waals surface area (Å²) in [4.78, 5) is 10.8. The Balaban J connectivity index is 2.97. The highest BCUT2D eigenvalue weighted by atomic mass is 16.1. The van der Waals surface area contributed by atoms with Crippen LogP contribution >= 0.6 is 0 Å². The molecule has 0 radical (unpaired) electrons. The lowest BCUT2D eigenvalue weighted by Gasteiger charge is -2.02. The molecule has 0 bridgehead atoms. The average Bonchev–Trinajstić information content (AvgIpc) is 2.18. The molecule has 0 saturated heterocycles. The van der Waals surface area contributed by atoms with Crippen LogP contribution in [0.2, 0.25) is 0 Å². The van der Waals surface area contributed by atoms with Gasteiger partial charge in [0, 0.05) is 5.56 Å². The minimum Gasteiger partial charge on any atom is -0.314 e. The average molecular weight is 169 g/mol. The summed E-state index contributed by atoms with van der Waals surface area (Å²) < 4.78 is 0. The largest absolute Gasteiger partial charge is 0.314 e. The van der Waals surface area contributed by atoms with Crippen LogP contribution in [-0.2, 0) is 4.79 Å². The fourth-order valence-electron chi connectivity index (χ4n) is 0.876. The van der Waals surface area contributed by atoms with Crippen LogP contribution in [0.3, 0.4) is 0 Å². The van der Waals surface area contributed by atoms with Crippen LogP contribution in [0.5, 0.6) is 0 Å². The van der Waals surface area contributed by atoms with Gasteiger partial charge in [0.2, 0.25) is 0 Å². The zero-order valence-electron chi connectivity index (χ0n) is 6.87. The molecule has 0 unspecified atom stereocenters. The zero-order chi connectivity index (χ0) is 9.68. The molecule has 0 aromatic heterocycles. The highest BCUT2D eigenvalue weighted by molar-refractivity contribution is 6.04. The second kappa shape index (κ2) is 3.99. The third-order valence-electron chi connectivity index (χ3n) is 1.46. The minimum absolute atomic E-state index is 0.497. The molecular weight excluding hydrogens is 162 g/mol. The SMILES string of the molecule is C#CC(=O)Nc1ccccc1C#C. The van der Waals surface area contributed by atoms with Gasteiger partial charge in [-0.2, -0.15) is 0 Å². The first-order valence-electron chi connectivity index (χ1n) is 3.61. The van der Waals surface area contributed by atoms with E-state index in [-0.39, 0.29) is 0 Å². The molecule has 13 heavy (non-hydrogen) atoms. The highest BCUT2D eigenvalue weighted by Gasteiger charge is 2.00. The number of terminal acetylenes is 2. The van der Waals surface area contributed by atoms with Gasteiger partial charge in [0.05, 0.1) is 5.69 Å². The van der Waals surface area contributed by atoms with E-state index in [1.54, 1.807) is 24.3 Å². The van der Waals surface area contributed by atoms with Crippen molar-refractivity contribution in [1.29, 1.82) is 0 Å². The monoisotopic (exact) mass is 169 g/mol. The maximum Gasteiger partial charge on any atom is 0.300 e. The molecule has 0 aliphatic rings. The fourth-order valence-corrected chi connectivity index (χ4v) is 0.876. The van der Waals surface area contributed by atoms with Gasteiger partial charge in [-0.1, -0.05) is 18.1 Å². The van der Waals surface area contributed by atoms with Gasteiger partial charge in [-0.3, -0.25) is 4.79 Å². The summed E-state index contributed by atoms with van der Waals surface area (Å²) in [5, 5.41) is 2.49. The van der Waals surface area contributed by atoms with Gasteiger partial charge >= 0.3 is 0 Å². The summed E-state index contributed by atoms with van der Waals surface area (Å²) in [6, 6.07) is 6.99. The number of benzene rings is 1. The molecule has 0 aliphatic heterocycles. The molecule has 0 aliphatic carbocycles. The van der Waals surface area contributed by atoms with Crippen LogP contribution in [0.4, 0.5) is 5.69 Å². The van der Waals surface area contributed by atoms with Crippen LogP contribution in [0.15, 0.2) is 24.3 Å². The first-order chi connectivity index (χ1) is 6.27. The second-order valence-electron chi connectivity index (χ2n) is 2.29. The third kappa shape index (κ3) is 2.12. The Morgan fingerprint density at radius 2 is 2.00 bits per heavy atom. The van der Waals surface area contributed by atoms with Crippen molar-refractivity contribution >= 4 is 11.6 Å². The van der Waals surface area contributed by atoms with Gasteiger partial charge in [-0.15, -0.1) is 12.8 Å². The topological polar surface area (TPSA) is 29.1 Å². The van der Waals surface area contributed by atoms with Crippen LogP contribution in [0.25, 0.3) is 0 Å². The van der Waals surface area contributed by atoms with Crippen molar-refractivity contribution in [3.8, 4) is 24.7 Å². The van der Waals surface area contributed by atoms with Gasteiger partial charge in [0.15, 0.2) is 0 Å². The molecule has 0 heterocycles. The van der Waals surface area contributed by atoms with Crippen molar-refractivity contribution in [1.82, 2.24) is 0 Å². The predicted octanol–water partition coefficient (Wildman–Crippen LogP) is 1.24. The van der Waals surface area contributed by atoms with E-state index in [1.807, 2.05) is 5.92 Å². The first-order valence-corrected chi connectivity index (χ1v) is 3.61. The van der Waals surface area contributed by atoms with Crippen molar-refractivity contribution in [2.75, 3.05) is 5.32 Å². The smallest absolute Gasteiger partial charge is 0.300 e. The number of amides is 1. The molecule has 1 amide bonds. The van der Waals surface area contributed by atoms with Crippen molar-refractivity contribution < 1.29 is 4.79 Å². The van der Waals surface area contributed by atoms with Gasteiger partial charge in [-0.25, -0.2) is 0 Å². The number of carbonyl (C=O) groups is 1. The van der Waals surface area contributed by atoms with E-state index in [9.17, 15) is 4.79 Å². The van der Waals surface area contributed by atoms with Crippen molar-refractivity contribution in [3.63, 3.8) is 0 Å². The number of rotatable bonds is 1. The van der Waals surface area contributed by atoms with Crippen molar-refractivity contribution in [2.24, 2.45) is 0 Å². The molecule has 0 fully saturated rings. The predicted molar refractivity (Wildman–Crippen MR) is 51.8 cm³/mol. The summed E-state index contributed by atoms with van der Waals surface area (Å²) in [6.07, 6.45) is 10.1. The molecule has 1 rings (SSSR count). The quantitative estimate of drug-likeness (QED) is 0.629. The molecule has 0 spiro atoms. The number of anilines is 1. The Kier molecular flexibility index (Phi) is 2.73. The number of hydrogen-bond donors (Lipinski definition) is 1. The van der Waals surface area contributed by atoms with Crippen LogP contribution in [0, 0.1) is 24.7 Å². The molecule has 2 nitrogen and oxygen atoms in total. The number of carbonyl (C=O) groups excluding carboxylic acids is 1. The molecule has 62 valence electrons. The zero-order valence-corrected chi connectivity index (χ0v) is 6.87. The van der Waals surface area contributed by atoms with E-state index < -0.39 is 5.91 Å². The maximum absolute atomic E-state index is 10.8. The van der Waals surface area contributed by atoms with Crippen LogP contribution in [0.1, 0.15) is 5.56 Å². The molecule has 1 aromatic carbocycles. The summed E-state index contributed by atoms with van der Waals surface area (Å²) in [7, 11) is 0. The Morgan fingerprint density at radius 3 is 2.62 bits per heavy atom. The second-order valence-corrected chi connectivity index (χ2v) is 2.29. The van der Waals surface area contributed by atoms with Gasteiger partial charge in [0.25, 0.3) is 5.91 Å². The van der Waals surface area contributed by atoms with Gasteiger partial charge in [0.1, 0.15) is 0 Å². The summed E-state index contributed by atoms with van der Waals surface area (Å²) >= 11 is 0. The number of para-hydroxylation sites is 1. The molecule has 2 heteroatoms. The molecular formula is C11H7NO. The molecule has 1 aromatic rings. The van der Waals surface area contributed by atoms with E-state index in [4.69, 9.17) is 12.8 Å². The van der Waals surface area contributed by atoms with Crippen LogP contribution in [-0.4, -0.2) is 5.91 Å². The van der Waals surface area contributed by atoms with Gasteiger partial charge in [-0.05, 0) is 18.1 Å². The van der Waals surface area contributed by atoms with E-state index >= 15 is 0 Å². The standard InChI is InChI=1S/C11H7NO/c1-3-9-7-5-6-8-10(9)12-11(13)4-2/h1-2,5-8H,(H,12,13). The Morgan fingerprint density at radius 1 is 1.31 bits per heavy atom. The Labute approximate surface area is 77.0 Å². The van der Waals surface area contributed by atoms with Crippen molar-refractivity contribution in [3.05, 3.63) is 29.8 Å². The first kappa shape index (κ1) is 8.90. The van der Waals surface area contributed by atoms with E-state index in [1.165, 1.54) is 0 Å². The lowest BCUT2D eigenvalue weighted by molar-refractivity contribution is -0.111. The lowest BCUT2D eigenvalue weighted by atomic mass is 10.2. The van der Waals surface area contributed by atoms with E-state index in [0.29, 0.717) is 11.3 Å². The Hall–Kier alpha value is -2.19. The number of hydrogen-bond acceptors (Lipinski definition) is 1. The summed E-state index contributed by atoms with van der Waals surface area (Å²) in [5.74, 6) is 3.89. The molecule has 0 saturated carbocycles. The van der Waals surface area contributed by atoms with Crippen molar-refractivity contribution in [2.45, 2.75) is 0 Å². The highest BCUT2D eigenvalue weighted by Crippen LogP contribution is 2.12. The number of nitrogens with one attached hydrogen (secondary N) is 1. The normalized spacial score (nSPS) is 8.15. The maximum atomic E-state index is 10.8. The minimum atomic E-state index is -0.497. The van der Waals surface area contributed by atoms with Gasteiger partial charge < -0.3 is 5.32 Å². The fraction of sp³-hybridized carbons (Fsp3) is 0. The molecule has 0 atom stereocenters. The third-order valence-corrected chi connectivity index (χ3v) is 1.46. The summed E-state index contributed by atoms with van der Waals surface area (Å²) in [5.41, 5.74) is 1.18.